The van der Waals surface area contributed by atoms with Crippen molar-refractivity contribution in [3.8, 4) is 0 Å². The van der Waals surface area contributed by atoms with Crippen LogP contribution in [0.25, 0.3) is 0 Å². The second kappa shape index (κ2) is 6.35. The molecule has 1 amide bonds. The molecule has 5 nitrogen and oxygen atoms in total. The molecule has 1 saturated heterocycles. The Labute approximate surface area is 136 Å². The summed E-state index contributed by atoms with van der Waals surface area (Å²) in [5.74, 6) is -2.52. The minimum absolute atomic E-state index is 0.0647. The third-order valence-electron chi connectivity index (χ3n) is 3.11. The molecule has 1 aromatic rings. The fraction of sp³-hybridized carbons (Fsp3) is 0.467. The van der Waals surface area contributed by atoms with Crippen molar-refractivity contribution in [3.63, 3.8) is 0 Å². The zero-order valence-corrected chi connectivity index (χ0v) is 13.7. The molecule has 0 aliphatic carbocycles. The lowest BCUT2D eigenvalue weighted by Crippen LogP contribution is -2.45. The molecule has 1 aromatic carbocycles. The van der Waals surface area contributed by atoms with Crippen LogP contribution in [0.4, 0.5) is 13.6 Å². The molecule has 126 valence electrons. The van der Waals surface area contributed by atoms with Gasteiger partial charge >= 0.3 is 12.1 Å². The number of aliphatic carboxylic acids is 1. The zero-order valence-electron chi connectivity index (χ0n) is 12.9. The van der Waals surface area contributed by atoms with E-state index in [2.05, 4.69) is 0 Å². The van der Waals surface area contributed by atoms with E-state index in [0.717, 1.165) is 34.9 Å². The number of halogens is 2. The van der Waals surface area contributed by atoms with E-state index in [-0.39, 0.29) is 11.3 Å². The van der Waals surface area contributed by atoms with E-state index in [1.165, 1.54) is 0 Å². The number of rotatable bonds is 2. The van der Waals surface area contributed by atoms with Crippen molar-refractivity contribution in [2.24, 2.45) is 0 Å². The van der Waals surface area contributed by atoms with Crippen LogP contribution < -0.4 is 0 Å². The van der Waals surface area contributed by atoms with Crippen LogP contribution in [0.5, 0.6) is 0 Å². The number of carboxylic acids is 1. The lowest BCUT2D eigenvalue weighted by atomic mass is 10.1. The monoisotopic (exact) mass is 345 g/mol. The number of nitrogens with zero attached hydrogens (tertiary/aromatic N) is 1. The molecule has 1 unspecified atom stereocenters. The third-order valence-corrected chi connectivity index (χ3v) is 4.42. The topological polar surface area (TPSA) is 66.8 Å². The van der Waals surface area contributed by atoms with E-state index in [9.17, 15) is 23.5 Å². The Hall–Kier alpha value is -1.83. The van der Waals surface area contributed by atoms with Crippen molar-refractivity contribution in [1.29, 1.82) is 0 Å². The summed E-state index contributed by atoms with van der Waals surface area (Å²) in [7, 11) is 0. The number of carbonyl (C=O) groups excluding carboxylic acids is 1. The largest absolute Gasteiger partial charge is 0.480 e. The van der Waals surface area contributed by atoms with Gasteiger partial charge in [-0.15, -0.1) is 11.8 Å². The lowest BCUT2D eigenvalue weighted by molar-refractivity contribution is -0.142. The Morgan fingerprint density at radius 2 is 2.00 bits per heavy atom. The number of carbonyl (C=O) groups is 2. The number of hydrogen-bond acceptors (Lipinski definition) is 4. The Bertz CT molecular complexity index is 632. The van der Waals surface area contributed by atoms with Crippen molar-refractivity contribution in [2.75, 3.05) is 5.75 Å². The summed E-state index contributed by atoms with van der Waals surface area (Å²) >= 11 is 1.05. The average Bonchev–Trinajstić information content (AvgIpc) is 2.84. The number of thioether (sulfide) groups is 1. The first kappa shape index (κ1) is 17.5. The minimum atomic E-state index is -1.22. The quantitative estimate of drug-likeness (QED) is 0.890. The highest BCUT2D eigenvalue weighted by atomic mass is 32.2. The Morgan fingerprint density at radius 3 is 2.57 bits per heavy atom. The molecule has 1 heterocycles. The summed E-state index contributed by atoms with van der Waals surface area (Å²) in [6, 6.07) is 1.72. The van der Waals surface area contributed by atoms with Crippen LogP contribution in [0, 0.1) is 11.6 Å². The van der Waals surface area contributed by atoms with Crippen LogP contribution in [0.1, 0.15) is 31.7 Å². The molecule has 1 aliphatic rings. The van der Waals surface area contributed by atoms with E-state index in [1.54, 1.807) is 20.8 Å². The van der Waals surface area contributed by atoms with E-state index in [4.69, 9.17) is 4.74 Å². The normalized spacial score (nSPS) is 21.3. The van der Waals surface area contributed by atoms with Crippen molar-refractivity contribution in [1.82, 2.24) is 4.90 Å². The number of amides is 1. The summed E-state index contributed by atoms with van der Waals surface area (Å²) < 4.78 is 32.7. The van der Waals surface area contributed by atoms with Crippen molar-refractivity contribution >= 4 is 23.8 Å². The second-order valence-electron chi connectivity index (χ2n) is 6.09. The van der Waals surface area contributed by atoms with Gasteiger partial charge in [-0.05, 0) is 39.0 Å². The van der Waals surface area contributed by atoms with Crippen LogP contribution in [0.15, 0.2) is 18.2 Å². The van der Waals surface area contributed by atoms with Crippen LogP contribution >= 0.6 is 11.8 Å². The highest BCUT2D eigenvalue weighted by molar-refractivity contribution is 7.99. The summed E-state index contributed by atoms with van der Waals surface area (Å²) in [5.41, 5.74) is -0.914. The fourth-order valence-corrected chi connectivity index (χ4v) is 3.60. The van der Waals surface area contributed by atoms with Crippen LogP contribution in [0.2, 0.25) is 0 Å². The SMILES string of the molecule is CC(C)(C)OC(=O)N1C(c2cc(F)ccc2F)SC[C@@H]1C(=O)O. The lowest BCUT2D eigenvalue weighted by Gasteiger charge is -2.30. The van der Waals surface area contributed by atoms with E-state index >= 15 is 0 Å². The molecular formula is C15H17F2NO4S. The standard InChI is InChI=1S/C15H17F2NO4S/c1-15(2,3)22-14(21)18-11(13(19)20)7-23-12(18)9-6-8(16)4-5-10(9)17/h4-6,11-12H,7H2,1-3H3,(H,19,20)/t11-,12?/m1/s1. The van der Waals surface area contributed by atoms with E-state index in [0.29, 0.717) is 0 Å². The number of hydrogen-bond donors (Lipinski definition) is 1. The maximum Gasteiger partial charge on any atom is 0.412 e. The average molecular weight is 345 g/mol. The van der Waals surface area contributed by atoms with E-state index in [1.807, 2.05) is 0 Å². The number of ether oxygens (including phenoxy) is 1. The molecule has 1 N–H and O–H groups in total. The van der Waals surface area contributed by atoms with E-state index < -0.39 is 40.7 Å². The van der Waals surface area contributed by atoms with Gasteiger partial charge in [0.25, 0.3) is 0 Å². The first-order valence-electron chi connectivity index (χ1n) is 6.91. The summed E-state index contributed by atoms with van der Waals surface area (Å²) in [6.45, 7) is 4.92. The van der Waals surface area contributed by atoms with Gasteiger partial charge in [0.15, 0.2) is 0 Å². The van der Waals surface area contributed by atoms with Gasteiger partial charge in [-0.25, -0.2) is 18.4 Å². The van der Waals surface area contributed by atoms with Crippen LogP contribution in [0.3, 0.4) is 0 Å². The number of benzene rings is 1. The van der Waals surface area contributed by atoms with Gasteiger partial charge in [0.05, 0.1) is 0 Å². The number of carboxylic acid groups (broad SMARTS) is 1. The third kappa shape index (κ3) is 3.93. The molecule has 1 aliphatic heterocycles. The van der Waals surface area contributed by atoms with Gasteiger partial charge < -0.3 is 9.84 Å². The van der Waals surface area contributed by atoms with Gasteiger partial charge in [0.2, 0.25) is 0 Å². The summed E-state index contributed by atoms with van der Waals surface area (Å²) in [6.07, 6.45) is -0.872. The second-order valence-corrected chi connectivity index (χ2v) is 7.21. The highest BCUT2D eigenvalue weighted by Gasteiger charge is 2.45. The fourth-order valence-electron chi connectivity index (χ4n) is 2.18. The minimum Gasteiger partial charge on any atom is -0.480 e. The van der Waals surface area contributed by atoms with Crippen molar-refractivity contribution < 1.29 is 28.2 Å². The molecule has 0 saturated carbocycles. The molecule has 23 heavy (non-hydrogen) atoms. The molecule has 1 fully saturated rings. The van der Waals surface area contributed by atoms with Crippen LogP contribution in [-0.2, 0) is 9.53 Å². The summed E-state index contributed by atoms with van der Waals surface area (Å²) in [4.78, 5) is 24.7. The van der Waals surface area contributed by atoms with Crippen molar-refractivity contribution in [2.45, 2.75) is 37.8 Å². The maximum absolute atomic E-state index is 14.0. The van der Waals surface area contributed by atoms with Crippen molar-refractivity contribution in [3.05, 3.63) is 35.4 Å². The van der Waals surface area contributed by atoms with Gasteiger partial charge in [-0.3, -0.25) is 4.90 Å². The molecule has 8 heteroatoms. The van der Waals surface area contributed by atoms with Gasteiger partial charge in [-0.2, -0.15) is 0 Å². The highest BCUT2D eigenvalue weighted by Crippen LogP contribution is 2.43. The predicted molar refractivity (Wildman–Crippen MR) is 81.1 cm³/mol. The Balaban J connectivity index is 2.39. The first-order valence-corrected chi connectivity index (χ1v) is 7.95. The first-order chi connectivity index (χ1) is 10.6. The molecule has 0 spiro atoms. The van der Waals surface area contributed by atoms with Gasteiger partial charge in [0.1, 0.15) is 28.7 Å². The van der Waals surface area contributed by atoms with Gasteiger partial charge in [0, 0.05) is 11.3 Å². The molecule has 0 aromatic heterocycles. The zero-order chi connectivity index (χ0) is 17.4. The molecule has 0 radical (unpaired) electrons. The Kier molecular flexibility index (Phi) is 4.84. The molecule has 2 rings (SSSR count). The van der Waals surface area contributed by atoms with Crippen LogP contribution in [-0.4, -0.2) is 39.5 Å². The smallest absolute Gasteiger partial charge is 0.412 e. The molecule has 2 atom stereocenters. The summed E-state index contributed by atoms with van der Waals surface area (Å²) in [5, 5.41) is 8.33. The molecular weight excluding hydrogens is 328 g/mol. The maximum atomic E-state index is 14.0. The molecule has 0 bridgehead atoms. The predicted octanol–water partition coefficient (Wildman–Crippen LogP) is 3.40. The Morgan fingerprint density at radius 1 is 1.35 bits per heavy atom. The van der Waals surface area contributed by atoms with Gasteiger partial charge in [-0.1, -0.05) is 0 Å².